The maximum Gasteiger partial charge on any atom is 0.156 e. The zero-order valence-corrected chi connectivity index (χ0v) is 11.2. The molecule has 0 aliphatic heterocycles. The highest BCUT2D eigenvalue weighted by Gasteiger charge is 2.10. The molecular formula is C14H8Cl2FNO. The Kier molecular flexibility index (Phi) is 4.26. The molecule has 0 amide bonds. The van der Waals surface area contributed by atoms with Gasteiger partial charge in [0.2, 0.25) is 0 Å². The summed E-state index contributed by atoms with van der Waals surface area (Å²) in [4.78, 5) is 0. The number of halogens is 3. The summed E-state index contributed by atoms with van der Waals surface area (Å²) in [6.45, 7) is 0.191. The highest BCUT2D eigenvalue weighted by atomic mass is 35.5. The van der Waals surface area contributed by atoms with Crippen LogP contribution in [-0.4, -0.2) is 0 Å². The lowest BCUT2D eigenvalue weighted by Crippen LogP contribution is -1.98. The van der Waals surface area contributed by atoms with Gasteiger partial charge in [-0.2, -0.15) is 5.26 Å². The molecule has 0 aromatic heterocycles. The predicted octanol–water partition coefficient (Wildman–Crippen LogP) is 4.58. The first-order chi connectivity index (χ1) is 9.10. The first-order valence-electron chi connectivity index (χ1n) is 5.36. The van der Waals surface area contributed by atoms with Gasteiger partial charge in [-0.25, -0.2) is 4.39 Å². The molecular weight excluding hydrogens is 288 g/mol. The molecule has 0 saturated heterocycles. The van der Waals surface area contributed by atoms with Gasteiger partial charge in [0.1, 0.15) is 18.5 Å². The average molecular weight is 296 g/mol. The zero-order valence-electron chi connectivity index (χ0n) is 9.66. The Bertz CT molecular complexity index is 635. The second-order valence-electron chi connectivity index (χ2n) is 3.79. The molecule has 0 bridgehead atoms. The van der Waals surface area contributed by atoms with E-state index in [0.29, 0.717) is 5.02 Å². The van der Waals surface area contributed by atoms with Crippen molar-refractivity contribution in [3.05, 3.63) is 63.4 Å². The minimum atomic E-state index is -0.314. The van der Waals surface area contributed by atoms with E-state index in [1.807, 2.05) is 6.07 Å². The van der Waals surface area contributed by atoms with Crippen molar-refractivity contribution in [1.29, 1.82) is 5.26 Å². The van der Waals surface area contributed by atoms with Crippen LogP contribution in [0.2, 0.25) is 10.0 Å². The molecule has 96 valence electrons. The molecule has 19 heavy (non-hydrogen) atoms. The Morgan fingerprint density at radius 2 is 1.84 bits per heavy atom. The first-order valence-corrected chi connectivity index (χ1v) is 6.12. The van der Waals surface area contributed by atoms with Gasteiger partial charge in [0.05, 0.1) is 10.6 Å². The predicted molar refractivity (Wildman–Crippen MR) is 71.9 cm³/mol. The number of benzene rings is 2. The van der Waals surface area contributed by atoms with Crippen LogP contribution < -0.4 is 4.74 Å². The topological polar surface area (TPSA) is 33.0 Å². The van der Waals surface area contributed by atoms with Gasteiger partial charge in [-0.3, -0.25) is 0 Å². The molecule has 0 radical (unpaired) electrons. The molecule has 0 saturated carbocycles. The normalized spacial score (nSPS) is 10.0. The minimum absolute atomic E-state index is 0.191. The van der Waals surface area contributed by atoms with Crippen molar-refractivity contribution in [3.8, 4) is 11.8 Å². The summed E-state index contributed by atoms with van der Waals surface area (Å²) in [5.41, 5.74) is 1.04. The fraction of sp³-hybridized carbons (Fsp3) is 0.0714. The third-order valence-corrected chi connectivity index (χ3v) is 2.92. The lowest BCUT2D eigenvalue weighted by Gasteiger charge is -2.10. The first kappa shape index (κ1) is 13.7. The van der Waals surface area contributed by atoms with E-state index in [1.54, 1.807) is 12.1 Å². The minimum Gasteiger partial charge on any atom is -0.486 e. The fourth-order valence-electron chi connectivity index (χ4n) is 1.53. The fourth-order valence-corrected chi connectivity index (χ4v) is 2.07. The van der Waals surface area contributed by atoms with Gasteiger partial charge < -0.3 is 4.74 Å². The zero-order chi connectivity index (χ0) is 13.8. The van der Waals surface area contributed by atoms with E-state index in [1.165, 1.54) is 24.3 Å². The summed E-state index contributed by atoms with van der Waals surface area (Å²) in [7, 11) is 0. The molecule has 0 atom stereocenters. The molecule has 2 rings (SSSR count). The largest absolute Gasteiger partial charge is 0.486 e. The number of nitriles is 1. The van der Waals surface area contributed by atoms with E-state index in [9.17, 15) is 4.39 Å². The van der Waals surface area contributed by atoms with Crippen molar-refractivity contribution in [2.75, 3.05) is 0 Å². The average Bonchev–Trinajstić information content (AvgIpc) is 2.39. The summed E-state index contributed by atoms with van der Waals surface area (Å²) in [6, 6.07) is 10.8. The van der Waals surface area contributed by atoms with Crippen LogP contribution in [0, 0.1) is 17.1 Å². The number of nitrogens with zero attached hydrogens (tertiary/aromatic N) is 1. The van der Waals surface area contributed by atoms with Crippen molar-refractivity contribution in [2.24, 2.45) is 0 Å². The third kappa shape index (κ3) is 3.37. The Hall–Kier alpha value is -1.76. The Balaban J connectivity index is 2.20. The SMILES string of the molecule is N#Cc1cc(Cl)cc(Cl)c1OCc1ccc(F)cc1. The summed E-state index contributed by atoms with van der Waals surface area (Å²) < 4.78 is 18.3. The molecule has 0 heterocycles. The maximum atomic E-state index is 12.8. The molecule has 2 aromatic carbocycles. The molecule has 2 nitrogen and oxygen atoms in total. The summed E-state index contributed by atoms with van der Waals surface area (Å²) in [6.07, 6.45) is 0. The van der Waals surface area contributed by atoms with E-state index in [-0.39, 0.29) is 28.8 Å². The van der Waals surface area contributed by atoms with Crippen LogP contribution in [-0.2, 0) is 6.61 Å². The Morgan fingerprint density at radius 1 is 1.16 bits per heavy atom. The summed E-state index contributed by atoms with van der Waals surface area (Å²) >= 11 is 11.8. The van der Waals surface area contributed by atoms with E-state index >= 15 is 0 Å². The van der Waals surface area contributed by atoms with Crippen molar-refractivity contribution >= 4 is 23.2 Å². The lowest BCUT2D eigenvalue weighted by molar-refractivity contribution is 0.305. The van der Waals surface area contributed by atoms with E-state index in [0.717, 1.165) is 5.56 Å². The van der Waals surface area contributed by atoms with Crippen molar-refractivity contribution in [3.63, 3.8) is 0 Å². The van der Waals surface area contributed by atoms with Gasteiger partial charge in [-0.05, 0) is 29.8 Å². The molecule has 0 aliphatic carbocycles. The quantitative estimate of drug-likeness (QED) is 0.830. The maximum absolute atomic E-state index is 12.8. The highest BCUT2D eigenvalue weighted by Crippen LogP contribution is 2.32. The standard InChI is InChI=1S/C14H8Cl2FNO/c15-11-5-10(7-18)14(13(16)6-11)19-8-9-1-3-12(17)4-2-9/h1-6H,8H2. The van der Waals surface area contributed by atoms with Crippen LogP contribution in [0.3, 0.4) is 0 Å². The Labute approximate surface area is 119 Å². The van der Waals surface area contributed by atoms with Crippen LogP contribution in [0.5, 0.6) is 5.75 Å². The van der Waals surface area contributed by atoms with E-state index in [2.05, 4.69) is 0 Å². The molecule has 0 unspecified atom stereocenters. The number of hydrogen-bond acceptors (Lipinski definition) is 2. The summed E-state index contributed by atoms with van der Waals surface area (Å²) in [5, 5.41) is 9.64. The Morgan fingerprint density at radius 3 is 2.47 bits per heavy atom. The van der Waals surface area contributed by atoms with Gasteiger partial charge in [0.15, 0.2) is 5.75 Å². The van der Waals surface area contributed by atoms with Gasteiger partial charge in [0, 0.05) is 5.02 Å². The van der Waals surface area contributed by atoms with E-state index < -0.39 is 0 Å². The van der Waals surface area contributed by atoms with Gasteiger partial charge in [-0.1, -0.05) is 35.3 Å². The van der Waals surface area contributed by atoms with Crippen LogP contribution in [0.15, 0.2) is 36.4 Å². The molecule has 0 spiro atoms. The monoisotopic (exact) mass is 295 g/mol. The smallest absolute Gasteiger partial charge is 0.156 e. The molecule has 0 N–H and O–H groups in total. The van der Waals surface area contributed by atoms with Crippen LogP contribution in [0.25, 0.3) is 0 Å². The second-order valence-corrected chi connectivity index (χ2v) is 4.63. The van der Waals surface area contributed by atoms with Gasteiger partial charge in [0.25, 0.3) is 0 Å². The molecule has 0 fully saturated rings. The third-order valence-electron chi connectivity index (χ3n) is 2.43. The highest BCUT2D eigenvalue weighted by molar-refractivity contribution is 6.35. The van der Waals surface area contributed by atoms with Gasteiger partial charge in [-0.15, -0.1) is 0 Å². The molecule has 5 heteroatoms. The number of rotatable bonds is 3. The van der Waals surface area contributed by atoms with E-state index in [4.69, 9.17) is 33.2 Å². The van der Waals surface area contributed by atoms with Crippen LogP contribution in [0.1, 0.15) is 11.1 Å². The lowest BCUT2D eigenvalue weighted by atomic mass is 10.2. The van der Waals surface area contributed by atoms with Crippen molar-refractivity contribution in [2.45, 2.75) is 6.61 Å². The van der Waals surface area contributed by atoms with Crippen molar-refractivity contribution < 1.29 is 9.13 Å². The van der Waals surface area contributed by atoms with Crippen LogP contribution >= 0.6 is 23.2 Å². The molecule has 2 aromatic rings. The van der Waals surface area contributed by atoms with Crippen molar-refractivity contribution in [1.82, 2.24) is 0 Å². The van der Waals surface area contributed by atoms with Gasteiger partial charge >= 0.3 is 0 Å². The summed E-state index contributed by atoms with van der Waals surface area (Å²) in [5.74, 6) is -0.0381. The second kappa shape index (κ2) is 5.92. The molecule has 0 aliphatic rings. The number of hydrogen-bond donors (Lipinski definition) is 0. The number of ether oxygens (including phenoxy) is 1. The van der Waals surface area contributed by atoms with Crippen LogP contribution in [0.4, 0.5) is 4.39 Å².